The second-order valence-corrected chi connectivity index (χ2v) is 9.76. The second-order valence-electron chi connectivity index (χ2n) is 9.76. The number of aliphatic carboxylic acids is 1. The highest BCUT2D eigenvalue weighted by atomic mass is 16.5. The smallest absolute Gasteiger partial charge is 0.313 e. The summed E-state index contributed by atoms with van der Waals surface area (Å²) in [5.41, 5.74) is 1.13. The number of benzene rings is 2. The van der Waals surface area contributed by atoms with E-state index in [4.69, 9.17) is 14.7 Å². The zero-order valence-electron chi connectivity index (χ0n) is 18.5. The zero-order valence-corrected chi connectivity index (χ0v) is 18.5. The lowest BCUT2D eigenvalue weighted by molar-refractivity contribution is -0.257. The molecule has 7 nitrogen and oxygen atoms in total. The molecule has 0 spiro atoms. The number of ether oxygens (including phenoxy) is 2. The highest BCUT2D eigenvalue weighted by Crippen LogP contribution is 2.69. The first kappa shape index (κ1) is 21.5. The normalized spacial score (nSPS) is 29.5. The molecule has 2 bridgehead atoms. The number of carboxylic acid groups (broad SMARTS) is 1. The Balaban J connectivity index is 1.20. The van der Waals surface area contributed by atoms with E-state index in [9.17, 15) is 14.7 Å². The molecular formula is C26H26N2O5. The van der Waals surface area contributed by atoms with E-state index in [0.29, 0.717) is 29.8 Å². The fraction of sp³-hybridized carbons (Fsp3) is 0.423. The molecule has 3 aliphatic carbocycles. The van der Waals surface area contributed by atoms with Crippen LogP contribution in [0.4, 0.5) is 0 Å². The topological polar surface area (TPSA) is 99.9 Å². The van der Waals surface area contributed by atoms with Gasteiger partial charge in [0.25, 0.3) is 5.91 Å². The summed E-state index contributed by atoms with van der Waals surface area (Å²) in [7, 11) is 1.57. The van der Waals surface area contributed by atoms with Crippen molar-refractivity contribution in [3.05, 3.63) is 65.2 Å². The predicted molar refractivity (Wildman–Crippen MR) is 119 cm³/mol. The van der Waals surface area contributed by atoms with Gasteiger partial charge in [-0.25, -0.2) is 0 Å². The second kappa shape index (κ2) is 7.60. The Morgan fingerprint density at radius 1 is 1.09 bits per heavy atom. The summed E-state index contributed by atoms with van der Waals surface area (Å²) in [6.45, 7) is 0.644. The number of carboxylic acids is 1. The van der Waals surface area contributed by atoms with Gasteiger partial charge in [-0.2, -0.15) is 5.26 Å². The maximum atomic E-state index is 12.9. The van der Waals surface area contributed by atoms with Gasteiger partial charge in [-0.1, -0.05) is 12.1 Å². The van der Waals surface area contributed by atoms with E-state index in [-0.39, 0.29) is 30.1 Å². The van der Waals surface area contributed by atoms with E-state index >= 15 is 0 Å². The molecule has 2 aromatic carbocycles. The van der Waals surface area contributed by atoms with Crippen molar-refractivity contribution in [2.75, 3.05) is 26.8 Å². The highest BCUT2D eigenvalue weighted by Gasteiger charge is 2.70. The van der Waals surface area contributed by atoms with Crippen LogP contribution in [0.15, 0.2) is 48.5 Å². The molecule has 1 amide bonds. The molecular weight excluding hydrogens is 420 g/mol. The van der Waals surface area contributed by atoms with Crippen LogP contribution in [0.3, 0.4) is 0 Å². The molecule has 1 saturated heterocycles. The molecule has 0 aromatic heterocycles. The molecule has 1 aliphatic heterocycles. The Hall–Kier alpha value is -3.37. The Morgan fingerprint density at radius 2 is 1.76 bits per heavy atom. The fourth-order valence-corrected chi connectivity index (χ4v) is 5.66. The summed E-state index contributed by atoms with van der Waals surface area (Å²) < 4.78 is 11.4. The number of likely N-dealkylation sites (tertiary alicyclic amines) is 1. The number of hydrogen-bond donors (Lipinski definition) is 1. The summed E-state index contributed by atoms with van der Waals surface area (Å²) >= 11 is 0. The van der Waals surface area contributed by atoms with Gasteiger partial charge in [0, 0.05) is 24.1 Å². The lowest BCUT2D eigenvalue weighted by atomic mass is 9.39. The molecule has 4 fully saturated rings. The Morgan fingerprint density at radius 3 is 2.33 bits per heavy atom. The Labute approximate surface area is 192 Å². The van der Waals surface area contributed by atoms with Gasteiger partial charge < -0.3 is 19.5 Å². The number of carbonyl (C=O) groups is 2. The first-order chi connectivity index (χ1) is 15.8. The quantitative estimate of drug-likeness (QED) is 0.700. The standard InChI is InChI=1S/C26H26N2O5/c1-32-21-8-4-19(5-9-21)22(29)28-11-10-24(16-28,23(30)31)17-33-26-13-25(14-26,15-26)20-6-2-18(12-27)3-7-20/h2-9H,10-11,13-17H2,1H3,(H,30,31). The van der Waals surface area contributed by atoms with Gasteiger partial charge in [0.1, 0.15) is 11.2 Å². The van der Waals surface area contributed by atoms with Crippen molar-refractivity contribution in [1.29, 1.82) is 5.26 Å². The molecule has 1 N–H and O–H groups in total. The minimum atomic E-state index is -1.08. The molecule has 1 heterocycles. The van der Waals surface area contributed by atoms with Crippen molar-refractivity contribution in [2.24, 2.45) is 5.41 Å². The summed E-state index contributed by atoms with van der Waals surface area (Å²) in [6, 6.07) is 16.7. The van der Waals surface area contributed by atoms with E-state index in [1.165, 1.54) is 5.56 Å². The number of amides is 1. The third-order valence-corrected chi connectivity index (χ3v) is 7.69. The van der Waals surface area contributed by atoms with Crippen LogP contribution in [-0.4, -0.2) is 54.3 Å². The van der Waals surface area contributed by atoms with Crippen molar-refractivity contribution in [3.8, 4) is 11.8 Å². The summed E-state index contributed by atoms with van der Waals surface area (Å²) in [5, 5.41) is 19.0. The minimum Gasteiger partial charge on any atom is -0.497 e. The molecule has 7 heteroatoms. The minimum absolute atomic E-state index is 0.0937. The highest BCUT2D eigenvalue weighted by molar-refractivity contribution is 5.95. The molecule has 4 aliphatic rings. The monoisotopic (exact) mass is 446 g/mol. The summed E-state index contributed by atoms with van der Waals surface area (Å²) in [6.07, 6.45) is 2.99. The predicted octanol–water partition coefficient (Wildman–Crippen LogP) is 3.37. The van der Waals surface area contributed by atoms with Crippen LogP contribution in [0.5, 0.6) is 5.75 Å². The van der Waals surface area contributed by atoms with Crippen molar-refractivity contribution < 1.29 is 24.2 Å². The van der Waals surface area contributed by atoms with Crippen molar-refractivity contribution in [1.82, 2.24) is 4.90 Å². The van der Waals surface area contributed by atoms with Crippen LogP contribution >= 0.6 is 0 Å². The van der Waals surface area contributed by atoms with E-state index in [1.54, 1.807) is 36.3 Å². The van der Waals surface area contributed by atoms with Gasteiger partial charge in [0.15, 0.2) is 0 Å². The molecule has 2 aromatic rings. The largest absolute Gasteiger partial charge is 0.497 e. The van der Waals surface area contributed by atoms with Crippen molar-refractivity contribution in [2.45, 2.75) is 36.7 Å². The lowest BCUT2D eigenvalue weighted by Crippen LogP contribution is -2.71. The molecule has 3 saturated carbocycles. The third-order valence-electron chi connectivity index (χ3n) is 7.69. The molecule has 0 radical (unpaired) electrons. The van der Waals surface area contributed by atoms with Gasteiger partial charge in [0.05, 0.1) is 31.0 Å². The van der Waals surface area contributed by atoms with Crippen LogP contribution in [0.2, 0.25) is 0 Å². The number of hydrogen-bond acceptors (Lipinski definition) is 5. The van der Waals surface area contributed by atoms with E-state index in [0.717, 1.165) is 19.3 Å². The molecule has 170 valence electrons. The SMILES string of the molecule is COc1ccc(C(=O)N2CCC(COC34CC(c5ccc(C#N)cc5)(C3)C4)(C(=O)O)C2)cc1. The van der Waals surface area contributed by atoms with Crippen LogP contribution in [-0.2, 0) is 14.9 Å². The van der Waals surface area contributed by atoms with E-state index in [2.05, 4.69) is 6.07 Å². The Bertz CT molecular complexity index is 1110. The fourth-order valence-electron chi connectivity index (χ4n) is 5.66. The molecule has 6 rings (SSSR count). The average molecular weight is 447 g/mol. The zero-order chi connectivity index (χ0) is 23.3. The number of methoxy groups -OCH3 is 1. The number of nitriles is 1. The van der Waals surface area contributed by atoms with Gasteiger partial charge in [-0.15, -0.1) is 0 Å². The molecule has 1 atom stereocenters. The van der Waals surface area contributed by atoms with E-state index in [1.807, 2.05) is 24.3 Å². The van der Waals surface area contributed by atoms with Crippen LogP contribution in [0, 0.1) is 16.7 Å². The van der Waals surface area contributed by atoms with Crippen LogP contribution < -0.4 is 4.74 Å². The van der Waals surface area contributed by atoms with Crippen LogP contribution in [0.1, 0.15) is 47.2 Å². The Kier molecular flexibility index (Phi) is 4.95. The van der Waals surface area contributed by atoms with E-state index < -0.39 is 11.4 Å². The number of rotatable bonds is 7. The van der Waals surface area contributed by atoms with Crippen molar-refractivity contribution >= 4 is 11.9 Å². The molecule has 33 heavy (non-hydrogen) atoms. The van der Waals surface area contributed by atoms with Crippen molar-refractivity contribution in [3.63, 3.8) is 0 Å². The third kappa shape index (κ3) is 3.46. The van der Waals surface area contributed by atoms with Gasteiger partial charge in [0.2, 0.25) is 0 Å². The number of nitrogens with zero attached hydrogens (tertiary/aromatic N) is 2. The van der Waals surface area contributed by atoms with Gasteiger partial charge in [-0.3, -0.25) is 9.59 Å². The maximum Gasteiger partial charge on any atom is 0.313 e. The summed E-state index contributed by atoms with van der Waals surface area (Å²) in [4.78, 5) is 26.8. The summed E-state index contributed by atoms with van der Waals surface area (Å²) in [5.74, 6) is -0.425. The van der Waals surface area contributed by atoms with Crippen LogP contribution in [0.25, 0.3) is 0 Å². The first-order valence-electron chi connectivity index (χ1n) is 11.1. The van der Waals surface area contributed by atoms with Gasteiger partial charge in [-0.05, 0) is 67.6 Å². The lowest BCUT2D eigenvalue weighted by Gasteiger charge is -2.70. The number of carbonyl (C=O) groups excluding carboxylic acids is 1. The maximum absolute atomic E-state index is 12.9. The average Bonchev–Trinajstić information content (AvgIpc) is 3.23. The first-order valence-corrected chi connectivity index (χ1v) is 11.1. The molecule has 1 unspecified atom stereocenters. The van der Waals surface area contributed by atoms with Gasteiger partial charge >= 0.3 is 5.97 Å².